The quantitative estimate of drug-likeness (QED) is 0.648. The molecule has 1 aromatic carbocycles. The molecule has 0 aliphatic carbocycles. The van der Waals surface area contributed by atoms with E-state index in [0.29, 0.717) is 0 Å². The van der Waals surface area contributed by atoms with Crippen LogP contribution in [-0.2, 0) is 4.79 Å². The molecule has 0 spiro atoms. The normalized spacial score (nSPS) is 10.1. The number of methoxy groups -OCH3 is 1. The maximum atomic E-state index is 11.9. The molecule has 0 heterocycles. The molecular weight excluding hydrogens is 238 g/mol. The van der Waals surface area contributed by atoms with Crippen molar-refractivity contribution in [3.8, 4) is 5.75 Å². The third kappa shape index (κ3) is 3.10. The highest BCUT2D eigenvalue weighted by Crippen LogP contribution is 2.29. The van der Waals surface area contributed by atoms with Crippen molar-refractivity contribution in [1.29, 1.82) is 0 Å². The first-order valence-electron chi connectivity index (χ1n) is 4.37. The Bertz CT molecular complexity index is 451. The van der Waals surface area contributed by atoms with E-state index in [9.17, 15) is 23.7 Å². The number of anilines is 1. The van der Waals surface area contributed by atoms with Gasteiger partial charge in [0.05, 0.1) is 12.0 Å². The summed E-state index contributed by atoms with van der Waals surface area (Å²) in [5, 5.41) is 12.5. The fraction of sp³-hybridized carbons (Fsp3) is 0.222. The number of carbonyl (C=O) groups is 1. The summed E-state index contributed by atoms with van der Waals surface area (Å²) in [6.07, 6.45) is -3.18. The van der Waals surface area contributed by atoms with E-state index in [2.05, 4.69) is 0 Å². The Balaban J connectivity index is 3.00. The van der Waals surface area contributed by atoms with Crippen LogP contribution in [0, 0.1) is 10.1 Å². The Morgan fingerprint density at radius 1 is 1.53 bits per heavy atom. The Morgan fingerprint density at radius 2 is 2.18 bits per heavy atom. The minimum absolute atomic E-state index is 0.0231. The van der Waals surface area contributed by atoms with E-state index in [0.717, 1.165) is 6.07 Å². The number of hydrogen-bond donors (Lipinski definition) is 1. The standard InChI is InChI=1S/C9H8F2N2O4/c1-17-7-3-2-5(4-6(7)13(15)16)12-9(14)8(10)11/h2-4,8H,1H3,(H,12,14). The zero-order valence-electron chi connectivity index (χ0n) is 8.65. The van der Waals surface area contributed by atoms with Crippen LogP contribution in [0.5, 0.6) is 5.75 Å². The maximum Gasteiger partial charge on any atom is 0.315 e. The topological polar surface area (TPSA) is 81.5 Å². The molecule has 0 fully saturated rings. The van der Waals surface area contributed by atoms with Crippen LogP contribution in [0.1, 0.15) is 0 Å². The molecule has 0 unspecified atom stereocenters. The highest BCUT2D eigenvalue weighted by Gasteiger charge is 2.19. The number of alkyl halides is 2. The molecule has 0 aliphatic heterocycles. The molecular formula is C9H8F2N2O4. The fourth-order valence-corrected chi connectivity index (χ4v) is 1.11. The number of halogens is 2. The van der Waals surface area contributed by atoms with E-state index in [1.165, 1.54) is 19.2 Å². The minimum atomic E-state index is -3.18. The predicted molar refractivity (Wildman–Crippen MR) is 54.3 cm³/mol. The molecule has 8 heteroatoms. The van der Waals surface area contributed by atoms with Gasteiger partial charge in [0.25, 0.3) is 5.91 Å². The maximum absolute atomic E-state index is 11.9. The molecule has 1 amide bonds. The van der Waals surface area contributed by atoms with Crippen molar-refractivity contribution in [3.05, 3.63) is 28.3 Å². The summed E-state index contributed by atoms with van der Waals surface area (Å²) in [7, 11) is 1.24. The van der Waals surface area contributed by atoms with Crippen LogP contribution in [0.15, 0.2) is 18.2 Å². The summed E-state index contributed by atoms with van der Waals surface area (Å²) in [4.78, 5) is 20.6. The van der Waals surface area contributed by atoms with Crippen molar-refractivity contribution in [2.75, 3.05) is 12.4 Å². The zero-order valence-corrected chi connectivity index (χ0v) is 8.65. The van der Waals surface area contributed by atoms with E-state index in [-0.39, 0.29) is 11.4 Å². The van der Waals surface area contributed by atoms with Gasteiger partial charge < -0.3 is 10.1 Å². The number of benzene rings is 1. The monoisotopic (exact) mass is 246 g/mol. The molecule has 0 aliphatic rings. The number of hydrogen-bond acceptors (Lipinski definition) is 4. The van der Waals surface area contributed by atoms with Crippen LogP contribution >= 0.6 is 0 Å². The van der Waals surface area contributed by atoms with Gasteiger partial charge >= 0.3 is 12.1 Å². The molecule has 92 valence electrons. The lowest BCUT2D eigenvalue weighted by Crippen LogP contribution is -2.20. The van der Waals surface area contributed by atoms with Gasteiger partial charge in [0.1, 0.15) is 0 Å². The van der Waals surface area contributed by atoms with Crippen LogP contribution in [0.4, 0.5) is 20.2 Å². The highest BCUT2D eigenvalue weighted by molar-refractivity contribution is 5.93. The average molecular weight is 246 g/mol. The Labute approximate surface area is 94.3 Å². The average Bonchev–Trinajstić information content (AvgIpc) is 2.28. The van der Waals surface area contributed by atoms with Gasteiger partial charge in [-0.05, 0) is 12.1 Å². The van der Waals surface area contributed by atoms with Gasteiger partial charge in [-0.15, -0.1) is 0 Å². The number of nitro groups is 1. The molecule has 0 aromatic heterocycles. The lowest BCUT2D eigenvalue weighted by Gasteiger charge is -2.06. The number of rotatable bonds is 4. The lowest BCUT2D eigenvalue weighted by molar-refractivity contribution is -0.385. The van der Waals surface area contributed by atoms with Gasteiger partial charge in [0.2, 0.25) is 0 Å². The number of carbonyl (C=O) groups excluding carboxylic acids is 1. The number of nitro benzene ring substituents is 1. The molecule has 17 heavy (non-hydrogen) atoms. The first-order valence-corrected chi connectivity index (χ1v) is 4.37. The molecule has 0 radical (unpaired) electrons. The molecule has 0 bridgehead atoms. The van der Waals surface area contributed by atoms with Gasteiger partial charge in [-0.1, -0.05) is 0 Å². The zero-order chi connectivity index (χ0) is 13.0. The van der Waals surface area contributed by atoms with Crippen LogP contribution in [0.3, 0.4) is 0 Å². The summed E-state index contributed by atoms with van der Waals surface area (Å²) in [5.41, 5.74) is -0.512. The molecule has 0 saturated heterocycles. The van der Waals surface area contributed by atoms with Crippen LogP contribution in [0.2, 0.25) is 0 Å². The highest BCUT2D eigenvalue weighted by atomic mass is 19.3. The van der Waals surface area contributed by atoms with Crippen LogP contribution < -0.4 is 10.1 Å². The third-order valence-corrected chi connectivity index (χ3v) is 1.84. The van der Waals surface area contributed by atoms with E-state index in [1.807, 2.05) is 5.32 Å². The van der Waals surface area contributed by atoms with Gasteiger partial charge in [-0.2, -0.15) is 8.78 Å². The third-order valence-electron chi connectivity index (χ3n) is 1.84. The summed E-state index contributed by atoms with van der Waals surface area (Å²) in [6.45, 7) is 0. The predicted octanol–water partition coefficient (Wildman–Crippen LogP) is 1.81. The lowest BCUT2D eigenvalue weighted by atomic mass is 10.2. The smallest absolute Gasteiger partial charge is 0.315 e. The van der Waals surface area contributed by atoms with Crippen molar-refractivity contribution in [2.45, 2.75) is 6.43 Å². The van der Waals surface area contributed by atoms with Gasteiger partial charge in [0, 0.05) is 11.8 Å². The van der Waals surface area contributed by atoms with Crippen LogP contribution in [-0.4, -0.2) is 24.4 Å². The largest absolute Gasteiger partial charge is 0.490 e. The summed E-state index contributed by atoms with van der Waals surface area (Å²) >= 11 is 0. The second-order valence-electron chi connectivity index (χ2n) is 2.93. The SMILES string of the molecule is COc1ccc(NC(=O)C(F)F)cc1[N+](=O)[O-]. The van der Waals surface area contributed by atoms with Crippen molar-refractivity contribution in [1.82, 2.24) is 0 Å². The van der Waals surface area contributed by atoms with Crippen molar-refractivity contribution in [2.24, 2.45) is 0 Å². The number of nitrogens with one attached hydrogen (secondary N) is 1. The number of nitrogens with zero attached hydrogens (tertiary/aromatic N) is 1. The minimum Gasteiger partial charge on any atom is -0.490 e. The summed E-state index contributed by atoms with van der Waals surface area (Å²) in [6, 6.07) is 3.38. The van der Waals surface area contributed by atoms with E-state index in [1.54, 1.807) is 0 Å². The Morgan fingerprint density at radius 3 is 2.65 bits per heavy atom. The molecule has 0 saturated carbocycles. The van der Waals surface area contributed by atoms with Crippen molar-refractivity contribution in [3.63, 3.8) is 0 Å². The second kappa shape index (κ2) is 5.19. The fourth-order valence-electron chi connectivity index (χ4n) is 1.11. The van der Waals surface area contributed by atoms with E-state index in [4.69, 9.17) is 4.74 Å². The first-order chi connectivity index (χ1) is 7.95. The molecule has 1 rings (SSSR count). The van der Waals surface area contributed by atoms with Crippen LogP contribution in [0.25, 0.3) is 0 Å². The van der Waals surface area contributed by atoms with Crippen molar-refractivity contribution >= 4 is 17.3 Å². The van der Waals surface area contributed by atoms with E-state index >= 15 is 0 Å². The molecule has 1 aromatic rings. The summed E-state index contributed by atoms with van der Waals surface area (Å²) < 4.78 is 28.6. The van der Waals surface area contributed by atoms with Gasteiger partial charge in [0.15, 0.2) is 5.75 Å². The molecule has 1 N–H and O–H groups in total. The number of amides is 1. The molecule has 0 atom stereocenters. The first kappa shape index (κ1) is 12.8. The summed E-state index contributed by atoms with van der Waals surface area (Å²) in [5.74, 6) is -1.55. The Kier molecular flexibility index (Phi) is 3.91. The van der Waals surface area contributed by atoms with Crippen molar-refractivity contribution < 1.29 is 23.2 Å². The second-order valence-corrected chi connectivity index (χ2v) is 2.93. The van der Waals surface area contributed by atoms with E-state index < -0.39 is 22.9 Å². The van der Waals surface area contributed by atoms with Gasteiger partial charge in [-0.3, -0.25) is 14.9 Å². The van der Waals surface area contributed by atoms with Gasteiger partial charge in [-0.25, -0.2) is 0 Å². The molecule has 6 nitrogen and oxygen atoms in total. The number of ether oxygens (including phenoxy) is 1. The Hall–Kier alpha value is -2.25.